The highest BCUT2D eigenvalue weighted by Gasteiger charge is 2.03. The molecule has 0 saturated heterocycles. The molecule has 20 heavy (non-hydrogen) atoms. The second-order valence-electron chi connectivity index (χ2n) is 4.22. The van der Waals surface area contributed by atoms with E-state index >= 15 is 0 Å². The molecule has 6 nitrogen and oxygen atoms in total. The maximum Gasteiger partial charge on any atom is 0.194 e. The molecule has 0 aliphatic carbocycles. The van der Waals surface area contributed by atoms with Crippen LogP contribution in [0.3, 0.4) is 0 Å². The van der Waals surface area contributed by atoms with Crippen molar-refractivity contribution in [2.45, 2.75) is 31.9 Å². The zero-order chi connectivity index (χ0) is 14.8. The first-order valence-corrected chi connectivity index (χ1v) is 8.57. The maximum absolute atomic E-state index is 7.14. The average Bonchev–Trinajstić information content (AvgIpc) is 2.82. The number of hydrogen-bond donors (Lipinski definition) is 4. The molecule has 1 aromatic rings. The van der Waals surface area contributed by atoms with E-state index in [9.17, 15) is 0 Å². The van der Waals surface area contributed by atoms with Crippen LogP contribution >= 0.6 is 23.1 Å². The van der Waals surface area contributed by atoms with Crippen LogP contribution in [0.1, 0.15) is 31.9 Å². The molecular formula is C12H22N6S2. The van der Waals surface area contributed by atoms with Crippen molar-refractivity contribution in [1.82, 2.24) is 4.98 Å². The zero-order valence-electron chi connectivity index (χ0n) is 11.7. The van der Waals surface area contributed by atoms with Crippen molar-refractivity contribution in [2.75, 3.05) is 17.6 Å². The quantitative estimate of drug-likeness (QED) is 0.317. The molecule has 0 aliphatic rings. The number of amidine groups is 1. The fourth-order valence-electron chi connectivity index (χ4n) is 1.30. The van der Waals surface area contributed by atoms with Crippen molar-refractivity contribution in [3.05, 3.63) is 11.1 Å². The van der Waals surface area contributed by atoms with E-state index in [1.54, 1.807) is 11.8 Å². The van der Waals surface area contributed by atoms with Crippen LogP contribution in [0.5, 0.6) is 0 Å². The Kier molecular flexibility index (Phi) is 8.05. The fourth-order valence-corrected chi connectivity index (χ4v) is 2.98. The molecule has 0 spiro atoms. The molecule has 1 rings (SSSR count). The van der Waals surface area contributed by atoms with Gasteiger partial charge in [-0.1, -0.05) is 13.3 Å². The van der Waals surface area contributed by atoms with Gasteiger partial charge in [-0.3, -0.25) is 10.4 Å². The Morgan fingerprint density at radius 2 is 2.35 bits per heavy atom. The summed E-state index contributed by atoms with van der Waals surface area (Å²) in [6.07, 6.45) is 2.77. The summed E-state index contributed by atoms with van der Waals surface area (Å²) in [5, 5.41) is 12.9. The molecule has 1 heterocycles. The topological polar surface area (TPSA) is 113 Å². The summed E-state index contributed by atoms with van der Waals surface area (Å²) in [7, 11) is 0. The van der Waals surface area contributed by atoms with Crippen LogP contribution in [0.2, 0.25) is 0 Å². The Labute approximate surface area is 128 Å². The van der Waals surface area contributed by atoms with Gasteiger partial charge in [-0.15, -0.1) is 11.3 Å². The Bertz CT molecular complexity index is 443. The lowest BCUT2D eigenvalue weighted by Crippen LogP contribution is -2.22. The van der Waals surface area contributed by atoms with Crippen LogP contribution in [0.15, 0.2) is 10.4 Å². The Morgan fingerprint density at radius 1 is 1.55 bits per heavy atom. The van der Waals surface area contributed by atoms with Crippen molar-refractivity contribution in [2.24, 2.45) is 16.5 Å². The lowest BCUT2D eigenvalue weighted by atomic mass is 10.3. The van der Waals surface area contributed by atoms with Crippen molar-refractivity contribution in [3.8, 4) is 0 Å². The van der Waals surface area contributed by atoms with E-state index < -0.39 is 0 Å². The van der Waals surface area contributed by atoms with Gasteiger partial charge in [-0.25, -0.2) is 4.98 Å². The van der Waals surface area contributed by atoms with E-state index in [4.69, 9.17) is 16.9 Å². The van der Waals surface area contributed by atoms with Gasteiger partial charge in [-0.2, -0.15) is 11.8 Å². The predicted molar refractivity (Wildman–Crippen MR) is 89.8 cm³/mol. The fraction of sp³-hybridized carbons (Fsp3) is 0.583. The molecule has 8 heteroatoms. The molecule has 0 aliphatic heterocycles. The number of rotatable bonds is 9. The molecule has 112 valence electrons. The molecule has 0 aromatic carbocycles. The molecule has 1 aromatic heterocycles. The normalized spacial score (nSPS) is 11.6. The molecule has 0 fully saturated rings. The van der Waals surface area contributed by atoms with Gasteiger partial charge in [0.1, 0.15) is 0 Å². The summed E-state index contributed by atoms with van der Waals surface area (Å²) in [5.74, 6) is 2.31. The van der Waals surface area contributed by atoms with E-state index in [-0.39, 0.29) is 5.84 Å². The summed E-state index contributed by atoms with van der Waals surface area (Å²) in [5.41, 5.74) is 12.1. The van der Waals surface area contributed by atoms with Gasteiger partial charge < -0.3 is 16.8 Å². The van der Waals surface area contributed by atoms with Crippen molar-refractivity contribution >= 4 is 40.0 Å². The Hall–Kier alpha value is -1.28. The van der Waals surface area contributed by atoms with Crippen LogP contribution in [0, 0.1) is 5.41 Å². The van der Waals surface area contributed by atoms with Crippen molar-refractivity contribution < 1.29 is 0 Å². The number of aliphatic imine (C=N–C) groups is 1. The lowest BCUT2D eigenvalue weighted by molar-refractivity contribution is 0.807. The first-order chi connectivity index (χ1) is 9.61. The molecule has 6 N–H and O–H groups in total. The van der Waals surface area contributed by atoms with E-state index in [2.05, 4.69) is 22.2 Å². The van der Waals surface area contributed by atoms with Crippen molar-refractivity contribution in [1.29, 1.82) is 5.41 Å². The highest BCUT2D eigenvalue weighted by molar-refractivity contribution is 7.98. The standard InChI is InChI=1S/C12H22N6S2/c1-2-3-5-16-11(15)18-12-17-9(8-20-12)7-19-6-4-10(13)14/h8H,2-7H2,1H3,(H3,13,14)(H3,15,16,17,18). The van der Waals surface area contributed by atoms with E-state index in [0.29, 0.717) is 12.4 Å². The minimum absolute atomic E-state index is 0.231. The number of nitrogens with one attached hydrogen (secondary N) is 2. The third-order valence-corrected chi connectivity index (χ3v) is 4.15. The second kappa shape index (κ2) is 9.60. The molecule has 0 unspecified atom stereocenters. The Balaban J connectivity index is 2.31. The maximum atomic E-state index is 7.14. The first kappa shape index (κ1) is 16.8. The van der Waals surface area contributed by atoms with Crippen LogP contribution in [-0.2, 0) is 5.75 Å². The zero-order valence-corrected chi connectivity index (χ0v) is 13.3. The number of aromatic nitrogens is 1. The number of thiazole rings is 1. The Morgan fingerprint density at radius 3 is 3.05 bits per heavy atom. The summed E-state index contributed by atoms with van der Waals surface area (Å²) < 4.78 is 0. The first-order valence-electron chi connectivity index (χ1n) is 6.53. The SMILES string of the molecule is CCCCN=C(N)Nc1nc(CSCCC(=N)N)cs1. The number of nitrogens with zero attached hydrogens (tertiary/aromatic N) is 2. The largest absolute Gasteiger partial charge is 0.388 e. The number of unbranched alkanes of at least 4 members (excludes halogenated alkanes) is 1. The minimum atomic E-state index is 0.231. The summed E-state index contributed by atoms with van der Waals surface area (Å²) in [4.78, 5) is 8.66. The van der Waals surface area contributed by atoms with Gasteiger partial charge in [0.15, 0.2) is 11.1 Å². The molecular weight excluding hydrogens is 292 g/mol. The summed E-state index contributed by atoms with van der Waals surface area (Å²) >= 11 is 3.24. The predicted octanol–water partition coefficient (Wildman–Crippen LogP) is 2.23. The molecule has 0 bridgehead atoms. The number of anilines is 1. The summed E-state index contributed by atoms with van der Waals surface area (Å²) in [6, 6.07) is 0. The van der Waals surface area contributed by atoms with E-state index in [1.807, 2.05) is 5.38 Å². The van der Waals surface area contributed by atoms with Crippen LogP contribution in [0.25, 0.3) is 0 Å². The van der Waals surface area contributed by atoms with Crippen LogP contribution < -0.4 is 16.8 Å². The van der Waals surface area contributed by atoms with Crippen LogP contribution in [0.4, 0.5) is 5.13 Å². The summed E-state index contributed by atoms with van der Waals surface area (Å²) in [6.45, 7) is 2.87. The van der Waals surface area contributed by atoms with E-state index in [1.165, 1.54) is 11.3 Å². The third-order valence-electron chi connectivity index (χ3n) is 2.35. The van der Waals surface area contributed by atoms with Crippen molar-refractivity contribution in [3.63, 3.8) is 0 Å². The number of thioether (sulfide) groups is 1. The van der Waals surface area contributed by atoms with Gasteiger partial charge in [-0.05, 0) is 6.42 Å². The van der Waals surface area contributed by atoms with Gasteiger partial charge >= 0.3 is 0 Å². The highest BCUT2D eigenvalue weighted by Crippen LogP contribution is 2.19. The second-order valence-corrected chi connectivity index (χ2v) is 6.18. The molecule has 0 saturated carbocycles. The smallest absolute Gasteiger partial charge is 0.194 e. The molecule has 0 atom stereocenters. The van der Waals surface area contributed by atoms with E-state index in [0.717, 1.165) is 41.7 Å². The molecule has 0 radical (unpaired) electrons. The van der Waals surface area contributed by atoms with Gasteiger partial charge in [0.2, 0.25) is 0 Å². The highest BCUT2D eigenvalue weighted by atomic mass is 32.2. The number of guanidine groups is 1. The minimum Gasteiger partial charge on any atom is -0.388 e. The average molecular weight is 314 g/mol. The van der Waals surface area contributed by atoms with Gasteiger partial charge in [0.25, 0.3) is 0 Å². The van der Waals surface area contributed by atoms with Crippen LogP contribution in [-0.4, -0.2) is 29.1 Å². The number of hydrogen-bond acceptors (Lipinski definition) is 5. The third kappa shape index (κ3) is 7.34. The van der Waals surface area contributed by atoms with Gasteiger partial charge in [0.05, 0.1) is 11.5 Å². The lowest BCUT2D eigenvalue weighted by Gasteiger charge is -2.01. The molecule has 0 amide bonds. The van der Waals surface area contributed by atoms with Gasteiger partial charge in [0, 0.05) is 29.9 Å². The monoisotopic (exact) mass is 314 g/mol. The number of nitrogens with two attached hydrogens (primary N) is 2.